The summed E-state index contributed by atoms with van der Waals surface area (Å²) in [7, 11) is 0. The molecule has 0 amide bonds. The highest BCUT2D eigenvalue weighted by molar-refractivity contribution is 5.48. The third-order valence-corrected chi connectivity index (χ3v) is 3.46. The fourth-order valence-corrected chi connectivity index (χ4v) is 2.18. The summed E-state index contributed by atoms with van der Waals surface area (Å²) < 4.78 is 2.18. The van der Waals surface area contributed by atoms with E-state index in [4.69, 9.17) is 0 Å². The number of aromatic nitrogens is 2. The fourth-order valence-electron chi connectivity index (χ4n) is 2.18. The molecule has 2 unspecified atom stereocenters. The van der Waals surface area contributed by atoms with Crippen LogP contribution in [-0.2, 0) is 6.54 Å². The van der Waals surface area contributed by atoms with Gasteiger partial charge in [-0.3, -0.25) is 0 Å². The largest absolute Gasteiger partial charge is 0.308 e. The van der Waals surface area contributed by atoms with Gasteiger partial charge in [0.2, 0.25) is 0 Å². The highest BCUT2D eigenvalue weighted by Crippen LogP contribution is 2.29. The molecule has 0 bridgehead atoms. The van der Waals surface area contributed by atoms with Crippen molar-refractivity contribution < 1.29 is 0 Å². The quantitative estimate of drug-likeness (QED) is 0.850. The van der Waals surface area contributed by atoms with E-state index in [1.807, 2.05) is 6.20 Å². The molecule has 0 radical (unpaired) electrons. The van der Waals surface area contributed by atoms with E-state index in [0.717, 1.165) is 24.2 Å². The van der Waals surface area contributed by atoms with Crippen LogP contribution in [0.2, 0.25) is 0 Å². The summed E-state index contributed by atoms with van der Waals surface area (Å²) in [4.78, 5) is 4.46. The van der Waals surface area contributed by atoms with Crippen molar-refractivity contribution >= 4 is 5.65 Å². The molecule has 2 aromatic heterocycles. The summed E-state index contributed by atoms with van der Waals surface area (Å²) >= 11 is 0. The SMILES string of the molecule is Cc1cccn2c(CNC3CC3C)cnc12. The summed E-state index contributed by atoms with van der Waals surface area (Å²) in [5, 5.41) is 3.56. The van der Waals surface area contributed by atoms with Crippen LogP contribution in [0.4, 0.5) is 0 Å². The number of nitrogens with zero attached hydrogens (tertiary/aromatic N) is 2. The zero-order chi connectivity index (χ0) is 11.1. The summed E-state index contributed by atoms with van der Waals surface area (Å²) in [6.45, 7) is 5.30. The third-order valence-electron chi connectivity index (χ3n) is 3.46. The number of aryl methyl sites for hydroxylation is 1. The third kappa shape index (κ3) is 1.61. The van der Waals surface area contributed by atoms with Crippen LogP contribution in [0.1, 0.15) is 24.6 Å². The van der Waals surface area contributed by atoms with Crippen LogP contribution >= 0.6 is 0 Å². The summed E-state index contributed by atoms with van der Waals surface area (Å²) in [5.41, 5.74) is 3.55. The number of hydrogen-bond donors (Lipinski definition) is 1. The lowest BCUT2D eigenvalue weighted by atomic mass is 10.3. The zero-order valence-corrected chi connectivity index (χ0v) is 9.77. The molecule has 1 N–H and O–H groups in total. The molecule has 16 heavy (non-hydrogen) atoms. The zero-order valence-electron chi connectivity index (χ0n) is 9.77. The van der Waals surface area contributed by atoms with Gasteiger partial charge in [-0.25, -0.2) is 4.98 Å². The average molecular weight is 215 g/mol. The fraction of sp³-hybridized carbons (Fsp3) is 0.462. The Morgan fingerprint density at radius 2 is 2.38 bits per heavy atom. The number of nitrogens with one attached hydrogen (secondary N) is 1. The van der Waals surface area contributed by atoms with Gasteiger partial charge in [0.15, 0.2) is 0 Å². The number of fused-ring (bicyclic) bond motifs is 1. The molecule has 0 spiro atoms. The van der Waals surface area contributed by atoms with E-state index < -0.39 is 0 Å². The first-order chi connectivity index (χ1) is 7.75. The molecule has 0 aliphatic heterocycles. The van der Waals surface area contributed by atoms with Gasteiger partial charge >= 0.3 is 0 Å². The first kappa shape index (κ1) is 9.85. The highest BCUT2D eigenvalue weighted by atomic mass is 15.1. The Hall–Kier alpha value is -1.35. The van der Waals surface area contributed by atoms with Gasteiger partial charge in [-0.15, -0.1) is 0 Å². The summed E-state index contributed by atoms with van der Waals surface area (Å²) in [5.74, 6) is 0.848. The van der Waals surface area contributed by atoms with Crippen LogP contribution in [-0.4, -0.2) is 15.4 Å². The van der Waals surface area contributed by atoms with Crippen molar-refractivity contribution in [3.8, 4) is 0 Å². The molecule has 84 valence electrons. The van der Waals surface area contributed by atoms with Crippen molar-refractivity contribution in [1.82, 2.24) is 14.7 Å². The lowest BCUT2D eigenvalue weighted by Crippen LogP contribution is -2.18. The molecule has 2 heterocycles. The Bertz CT molecular complexity index is 515. The molecule has 2 aromatic rings. The maximum Gasteiger partial charge on any atom is 0.139 e. The Labute approximate surface area is 95.5 Å². The second-order valence-electron chi connectivity index (χ2n) is 4.83. The van der Waals surface area contributed by atoms with Gasteiger partial charge in [0, 0.05) is 18.8 Å². The van der Waals surface area contributed by atoms with Crippen molar-refractivity contribution in [1.29, 1.82) is 0 Å². The number of pyridine rings is 1. The Morgan fingerprint density at radius 1 is 1.56 bits per heavy atom. The van der Waals surface area contributed by atoms with Crippen molar-refractivity contribution in [2.24, 2.45) is 5.92 Å². The van der Waals surface area contributed by atoms with Gasteiger partial charge in [0.1, 0.15) is 5.65 Å². The maximum atomic E-state index is 4.46. The maximum absolute atomic E-state index is 4.46. The Morgan fingerprint density at radius 3 is 3.12 bits per heavy atom. The van der Waals surface area contributed by atoms with E-state index in [1.165, 1.54) is 17.7 Å². The van der Waals surface area contributed by atoms with Crippen LogP contribution in [0.5, 0.6) is 0 Å². The first-order valence-corrected chi connectivity index (χ1v) is 5.90. The van der Waals surface area contributed by atoms with Crippen LogP contribution in [0.25, 0.3) is 5.65 Å². The molecule has 1 saturated carbocycles. The van der Waals surface area contributed by atoms with E-state index in [1.54, 1.807) is 0 Å². The van der Waals surface area contributed by atoms with Crippen LogP contribution in [0.3, 0.4) is 0 Å². The molecular formula is C13H17N3. The van der Waals surface area contributed by atoms with E-state index in [2.05, 4.69) is 46.9 Å². The normalized spacial score (nSPS) is 23.9. The second-order valence-corrected chi connectivity index (χ2v) is 4.83. The molecule has 3 rings (SSSR count). The first-order valence-electron chi connectivity index (χ1n) is 5.90. The molecular weight excluding hydrogens is 198 g/mol. The van der Waals surface area contributed by atoms with Crippen LogP contribution in [0.15, 0.2) is 24.5 Å². The Balaban J connectivity index is 1.84. The van der Waals surface area contributed by atoms with Gasteiger partial charge in [-0.2, -0.15) is 0 Å². The predicted molar refractivity (Wildman–Crippen MR) is 64.3 cm³/mol. The molecule has 3 heteroatoms. The molecule has 1 aliphatic rings. The lowest BCUT2D eigenvalue weighted by molar-refractivity contribution is 0.639. The highest BCUT2D eigenvalue weighted by Gasteiger charge is 2.31. The standard InChI is InChI=1S/C13H17N3/c1-9-4-3-5-16-11(8-15-13(9)16)7-14-12-6-10(12)2/h3-5,8,10,12,14H,6-7H2,1-2H3. The molecule has 0 saturated heterocycles. The van der Waals surface area contributed by atoms with Crippen molar-refractivity contribution in [2.45, 2.75) is 32.9 Å². The minimum atomic E-state index is 0.718. The minimum Gasteiger partial charge on any atom is -0.308 e. The molecule has 2 atom stereocenters. The number of imidazole rings is 1. The van der Waals surface area contributed by atoms with Crippen molar-refractivity contribution in [2.75, 3.05) is 0 Å². The van der Waals surface area contributed by atoms with Gasteiger partial charge < -0.3 is 9.72 Å². The van der Waals surface area contributed by atoms with Gasteiger partial charge in [0.05, 0.1) is 11.9 Å². The monoisotopic (exact) mass is 215 g/mol. The molecule has 1 fully saturated rings. The van der Waals surface area contributed by atoms with Crippen molar-refractivity contribution in [3.63, 3.8) is 0 Å². The molecule has 3 nitrogen and oxygen atoms in total. The van der Waals surface area contributed by atoms with Crippen molar-refractivity contribution in [3.05, 3.63) is 35.8 Å². The van der Waals surface area contributed by atoms with Gasteiger partial charge in [-0.05, 0) is 30.9 Å². The van der Waals surface area contributed by atoms with Crippen LogP contribution < -0.4 is 5.32 Å². The summed E-state index contributed by atoms with van der Waals surface area (Å²) in [6.07, 6.45) is 5.38. The van der Waals surface area contributed by atoms with E-state index in [9.17, 15) is 0 Å². The van der Waals surface area contributed by atoms with E-state index in [-0.39, 0.29) is 0 Å². The smallest absolute Gasteiger partial charge is 0.139 e. The molecule has 1 aliphatic carbocycles. The average Bonchev–Trinajstić information content (AvgIpc) is 2.82. The second kappa shape index (κ2) is 3.59. The predicted octanol–water partition coefficient (Wildman–Crippen LogP) is 2.14. The minimum absolute atomic E-state index is 0.718. The topological polar surface area (TPSA) is 29.3 Å². The summed E-state index contributed by atoms with van der Waals surface area (Å²) in [6, 6.07) is 4.89. The van der Waals surface area contributed by atoms with E-state index in [0.29, 0.717) is 0 Å². The molecule has 0 aromatic carbocycles. The van der Waals surface area contributed by atoms with E-state index >= 15 is 0 Å². The van der Waals surface area contributed by atoms with Gasteiger partial charge in [-0.1, -0.05) is 13.0 Å². The Kier molecular flexibility index (Phi) is 2.21. The van der Waals surface area contributed by atoms with Crippen LogP contribution in [0, 0.1) is 12.8 Å². The number of hydrogen-bond acceptors (Lipinski definition) is 2. The lowest BCUT2D eigenvalue weighted by Gasteiger charge is -2.04. The van der Waals surface area contributed by atoms with Gasteiger partial charge in [0.25, 0.3) is 0 Å². The number of rotatable bonds is 3.